The smallest absolute Gasteiger partial charge is 0.156 e. The first-order chi connectivity index (χ1) is 8.31. The van der Waals surface area contributed by atoms with E-state index in [0.717, 1.165) is 6.42 Å². The molecule has 2 nitrogen and oxygen atoms in total. The fourth-order valence-corrected chi connectivity index (χ4v) is 0.956. The van der Waals surface area contributed by atoms with Gasteiger partial charge in [0.05, 0.1) is 12.8 Å². The van der Waals surface area contributed by atoms with Crippen molar-refractivity contribution < 1.29 is 9.47 Å². The van der Waals surface area contributed by atoms with E-state index >= 15 is 0 Å². The molecule has 0 N–H and O–H groups in total. The lowest BCUT2D eigenvalue weighted by Gasteiger charge is -2.09. The van der Waals surface area contributed by atoms with Gasteiger partial charge in [-0.05, 0) is 13.8 Å². The molecule has 0 bridgehead atoms. The monoisotopic (exact) mass is 232 g/mol. The van der Waals surface area contributed by atoms with E-state index in [9.17, 15) is 0 Å². The average Bonchev–Trinajstić information content (AvgIpc) is 2.32. The summed E-state index contributed by atoms with van der Waals surface area (Å²) in [5.41, 5.74) is 0. The molecule has 0 heterocycles. The molecule has 0 aromatic carbocycles. The zero-order valence-corrected chi connectivity index (χ0v) is 10.9. The highest BCUT2D eigenvalue weighted by molar-refractivity contribution is 5.16. The summed E-state index contributed by atoms with van der Waals surface area (Å²) >= 11 is 0. The van der Waals surface area contributed by atoms with Crippen LogP contribution in [0.1, 0.15) is 40.0 Å². The van der Waals surface area contributed by atoms with Crippen molar-refractivity contribution in [2.45, 2.75) is 46.3 Å². The largest absolute Gasteiger partial charge is 0.353 e. The second-order valence-corrected chi connectivity index (χ2v) is 3.10. The van der Waals surface area contributed by atoms with Gasteiger partial charge in [0.2, 0.25) is 0 Å². The van der Waals surface area contributed by atoms with E-state index < -0.39 is 0 Å². The summed E-state index contributed by atoms with van der Waals surface area (Å²) in [6.07, 6.45) is 1.90. The lowest BCUT2D eigenvalue weighted by Crippen LogP contribution is -2.12. The summed E-state index contributed by atoms with van der Waals surface area (Å²) in [6, 6.07) is 0. The van der Waals surface area contributed by atoms with Gasteiger partial charge < -0.3 is 9.47 Å². The van der Waals surface area contributed by atoms with Crippen molar-refractivity contribution in [1.29, 1.82) is 0 Å². The quantitative estimate of drug-likeness (QED) is 0.548. The first kappa shape index (κ1) is 15.6. The van der Waals surface area contributed by atoms with Crippen molar-refractivity contribution in [1.82, 2.24) is 0 Å². The number of hydrogen-bond donors (Lipinski definition) is 0. The molecule has 0 aromatic rings. The van der Waals surface area contributed by atoms with E-state index in [2.05, 4.69) is 35.5 Å². The number of rotatable bonds is 4. The predicted octanol–water partition coefficient (Wildman–Crippen LogP) is 2.59. The number of ether oxygens (including phenoxy) is 2. The Kier molecular flexibility index (Phi) is 11.6. The molecule has 0 aromatic heterocycles. The minimum absolute atomic E-state index is 0.190. The van der Waals surface area contributed by atoms with E-state index in [1.54, 1.807) is 0 Å². The Morgan fingerprint density at radius 1 is 0.824 bits per heavy atom. The van der Waals surface area contributed by atoms with Gasteiger partial charge in [-0.1, -0.05) is 36.5 Å². The minimum Gasteiger partial charge on any atom is -0.353 e. The molecule has 0 amide bonds. The molecule has 0 aliphatic heterocycles. The highest BCUT2D eigenvalue weighted by Crippen LogP contribution is 1.91. The van der Waals surface area contributed by atoms with Crippen molar-refractivity contribution in [2.75, 3.05) is 13.2 Å². The fourth-order valence-electron chi connectivity index (χ4n) is 0.956. The van der Waals surface area contributed by atoms with Crippen molar-refractivity contribution >= 4 is 0 Å². The summed E-state index contributed by atoms with van der Waals surface area (Å²) in [5.74, 6) is 17.6. The van der Waals surface area contributed by atoms with Gasteiger partial charge in [0.1, 0.15) is 6.61 Å². The molecule has 1 atom stereocenters. The molecule has 1 unspecified atom stereocenters. The molecular formula is C15H20O2. The normalized spacial score (nSPS) is 10.1. The van der Waals surface area contributed by atoms with E-state index in [4.69, 9.17) is 9.47 Å². The molecule has 2 heteroatoms. The van der Waals surface area contributed by atoms with Gasteiger partial charge in [-0.15, -0.1) is 5.92 Å². The van der Waals surface area contributed by atoms with E-state index in [0.29, 0.717) is 26.1 Å². The molecule has 0 aliphatic rings. The molecule has 0 radical (unpaired) electrons. The Morgan fingerprint density at radius 3 is 2.00 bits per heavy atom. The molecule has 92 valence electrons. The van der Waals surface area contributed by atoms with Crippen LogP contribution in [-0.2, 0) is 9.47 Å². The molecule has 17 heavy (non-hydrogen) atoms. The summed E-state index contributed by atoms with van der Waals surface area (Å²) in [6.45, 7) is 6.85. The molecule has 0 saturated heterocycles. The van der Waals surface area contributed by atoms with Crippen LogP contribution in [0, 0.1) is 35.5 Å². The van der Waals surface area contributed by atoms with Crippen LogP contribution in [-0.4, -0.2) is 19.5 Å². The van der Waals surface area contributed by atoms with Crippen LogP contribution in [0.2, 0.25) is 0 Å². The standard InChI is InChI=1S/C15H20O2/c1-4-6-7-8-9-10-11-12-13-14-17-15(3)16-5-2/h15H,4-5,8,11,14H2,1-3H3. The number of hydrogen-bond acceptors (Lipinski definition) is 2. The molecule has 0 rings (SSSR count). The molecule has 0 saturated carbocycles. The predicted molar refractivity (Wildman–Crippen MR) is 69.9 cm³/mol. The molecule has 0 aliphatic carbocycles. The highest BCUT2D eigenvalue weighted by atomic mass is 16.7. The maximum absolute atomic E-state index is 5.28. The lowest BCUT2D eigenvalue weighted by molar-refractivity contribution is -0.117. The Morgan fingerprint density at radius 2 is 1.41 bits per heavy atom. The Hall–Kier alpha value is -1.40. The van der Waals surface area contributed by atoms with Crippen LogP contribution in [0.5, 0.6) is 0 Å². The van der Waals surface area contributed by atoms with Gasteiger partial charge in [-0.2, -0.15) is 0 Å². The maximum atomic E-state index is 5.28. The third-order valence-electron chi connectivity index (χ3n) is 1.70. The Labute approximate surface area is 105 Å². The van der Waals surface area contributed by atoms with Crippen molar-refractivity contribution in [3.05, 3.63) is 0 Å². The summed E-state index contributed by atoms with van der Waals surface area (Å²) in [7, 11) is 0. The Balaban J connectivity index is 3.55. The summed E-state index contributed by atoms with van der Waals surface area (Å²) in [5, 5.41) is 0. The first-order valence-corrected chi connectivity index (χ1v) is 5.91. The summed E-state index contributed by atoms with van der Waals surface area (Å²) in [4.78, 5) is 0. The Bertz CT molecular complexity index is 352. The zero-order chi connectivity index (χ0) is 12.8. The topological polar surface area (TPSA) is 18.5 Å². The van der Waals surface area contributed by atoms with Gasteiger partial charge in [-0.3, -0.25) is 0 Å². The van der Waals surface area contributed by atoms with Crippen LogP contribution in [0.4, 0.5) is 0 Å². The second-order valence-electron chi connectivity index (χ2n) is 3.10. The van der Waals surface area contributed by atoms with Gasteiger partial charge in [-0.25, -0.2) is 0 Å². The van der Waals surface area contributed by atoms with E-state index in [-0.39, 0.29) is 6.29 Å². The average molecular weight is 232 g/mol. The van der Waals surface area contributed by atoms with Gasteiger partial charge in [0.25, 0.3) is 0 Å². The van der Waals surface area contributed by atoms with E-state index in [1.807, 2.05) is 20.8 Å². The third-order valence-corrected chi connectivity index (χ3v) is 1.70. The maximum Gasteiger partial charge on any atom is 0.156 e. The minimum atomic E-state index is -0.190. The molecule has 0 spiro atoms. The van der Waals surface area contributed by atoms with Crippen LogP contribution >= 0.6 is 0 Å². The van der Waals surface area contributed by atoms with Crippen LogP contribution < -0.4 is 0 Å². The lowest BCUT2D eigenvalue weighted by atomic mass is 10.3. The zero-order valence-electron chi connectivity index (χ0n) is 10.9. The van der Waals surface area contributed by atoms with E-state index in [1.165, 1.54) is 0 Å². The third kappa shape index (κ3) is 12.5. The molecule has 0 fully saturated rings. The molecular weight excluding hydrogens is 212 g/mol. The van der Waals surface area contributed by atoms with Crippen LogP contribution in [0.3, 0.4) is 0 Å². The first-order valence-electron chi connectivity index (χ1n) is 5.91. The summed E-state index contributed by atoms with van der Waals surface area (Å²) < 4.78 is 10.5. The van der Waals surface area contributed by atoms with Crippen molar-refractivity contribution in [3.63, 3.8) is 0 Å². The van der Waals surface area contributed by atoms with Crippen LogP contribution in [0.25, 0.3) is 0 Å². The van der Waals surface area contributed by atoms with Crippen molar-refractivity contribution in [2.24, 2.45) is 0 Å². The SMILES string of the molecule is CCC#CCC#CCC#CCOC(C)OCC. The van der Waals surface area contributed by atoms with Gasteiger partial charge >= 0.3 is 0 Å². The fraction of sp³-hybridized carbons (Fsp3) is 0.600. The highest BCUT2D eigenvalue weighted by Gasteiger charge is 1.96. The van der Waals surface area contributed by atoms with Crippen LogP contribution in [0.15, 0.2) is 0 Å². The van der Waals surface area contributed by atoms with Gasteiger partial charge in [0, 0.05) is 13.0 Å². The van der Waals surface area contributed by atoms with Gasteiger partial charge in [0.15, 0.2) is 6.29 Å². The van der Waals surface area contributed by atoms with Crippen molar-refractivity contribution in [3.8, 4) is 35.5 Å². The second kappa shape index (κ2) is 12.7.